The predicted octanol–water partition coefficient (Wildman–Crippen LogP) is 4.61. The van der Waals surface area contributed by atoms with Gasteiger partial charge < -0.3 is 0 Å². The molecule has 0 saturated carbocycles. The molecule has 0 radical (unpaired) electrons. The van der Waals surface area contributed by atoms with Gasteiger partial charge in [0.25, 0.3) is 0 Å². The van der Waals surface area contributed by atoms with Gasteiger partial charge in [-0.05, 0) is 48.5 Å². The molecule has 4 nitrogen and oxygen atoms in total. The molecule has 0 N–H and O–H groups in total. The van der Waals surface area contributed by atoms with Gasteiger partial charge in [0.1, 0.15) is 0 Å². The molecule has 122 valence electrons. The fourth-order valence-corrected chi connectivity index (χ4v) is 6.05. The Hall–Kier alpha value is -3.05. The van der Waals surface area contributed by atoms with Crippen LogP contribution in [0.4, 0.5) is 0 Å². The van der Waals surface area contributed by atoms with E-state index in [-0.39, 0.29) is 0 Å². The minimum absolute atomic E-state index is 0.922. The summed E-state index contributed by atoms with van der Waals surface area (Å²) in [5, 5.41) is 3.69. The van der Waals surface area contributed by atoms with Gasteiger partial charge in [-0.1, -0.05) is 34.3 Å². The van der Waals surface area contributed by atoms with Crippen molar-refractivity contribution in [3.05, 3.63) is 97.6 Å². The van der Waals surface area contributed by atoms with E-state index in [4.69, 9.17) is 19.9 Å². The van der Waals surface area contributed by atoms with Gasteiger partial charge in [-0.2, -0.15) is 0 Å². The van der Waals surface area contributed by atoms with E-state index in [0.717, 1.165) is 20.1 Å². The van der Waals surface area contributed by atoms with Crippen LogP contribution in [0.2, 0.25) is 0 Å². The summed E-state index contributed by atoms with van der Waals surface area (Å²) in [6.07, 6.45) is 7.25. The van der Waals surface area contributed by atoms with Gasteiger partial charge in [-0.25, -0.2) is 0 Å². The first-order chi connectivity index (χ1) is 12.4. The van der Waals surface area contributed by atoms with Gasteiger partial charge in [-0.15, -0.1) is 0 Å². The first-order valence-electron chi connectivity index (χ1n) is 7.90. The Balaban J connectivity index is 2.13. The molecule has 5 heteroatoms. The lowest BCUT2D eigenvalue weighted by Gasteiger charge is -2.36. The van der Waals surface area contributed by atoms with Crippen LogP contribution in [0.3, 0.4) is 0 Å². The van der Waals surface area contributed by atoms with Crippen molar-refractivity contribution in [2.75, 3.05) is 0 Å². The molecule has 0 aromatic carbocycles. The quantitative estimate of drug-likeness (QED) is 0.542. The lowest BCUT2D eigenvalue weighted by molar-refractivity contribution is 0.975. The zero-order chi connectivity index (χ0) is 17.0. The molecule has 0 aliphatic heterocycles. The minimum Gasteiger partial charge on any atom is -0.250 e. The molecule has 0 aliphatic rings. The van der Waals surface area contributed by atoms with Gasteiger partial charge in [0, 0.05) is 24.8 Å². The highest BCUT2D eigenvalue weighted by Crippen LogP contribution is 2.70. The van der Waals surface area contributed by atoms with Gasteiger partial charge in [0.05, 0.1) is 20.1 Å². The van der Waals surface area contributed by atoms with Crippen molar-refractivity contribution < 1.29 is 0 Å². The zero-order valence-corrected chi connectivity index (χ0v) is 14.3. The summed E-state index contributed by atoms with van der Waals surface area (Å²) in [5.74, 6) is 0. The van der Waals surface area contributed by atoms with Crippen molar-refractivity contribution >= 4 is 10.0 Å². The Kier molecular flexibility index (Phi) is 4.23. The van der Waals surface area contributed by atoms with E-state index in [1.165, 1.54) is 0 Å². The van der Waals surface area contributed by atoms with Crippen molar-refractivity contribution in [1.29, 1.82) is 0 Å². The fraction of sp³-hybridized carbons (Fsp3) is 0. The molecule has 4 aromatic heterocycles. The highest BCUT2D eigenvalue weighted by molar-refractivity contribution is 8.33. The maximum Gasteiger partial charge on any atom is 0.0951 e. The fourth-order valence-electron chi connectivity index (χ4n) is 2.76. The van der Waals surface area contributed by atoms with Crippen molar-refractivity contribution in [3.8, 4) is 0 Å². The van der Waals surface area contributed by atoms with E-state index in [0.29, 0.717) is 0 Å². The Bertz CT molecular complexity index is 769. The molecule has 0 atom stereocenters. The van der Waals surface area contributed by atoms with Crippen LogP contribution in [-0.2, 0) is 0 Å². The zero-order valence-electron chi connectivity index (χ0n) is 13.4. The molecule has 0 aliphatic carbocycles. The molecule has 4 rings (SSSR count). The molecule has 0 saturated heterocycles. The van der Waals surface area contributed by atoms with Crippen molar-refractivity contribution in [2.45, 2.75) is 20.1 Å². The van der Waals surface area contributed by atoms with E-state index in [9.17, 15) is 0 Å². The summed E-state index contributed by atoms with van der Waals surface area (Å²) in [4.78, 5) is 18.8. The molecule has 25 heavy (non-hydrogen) atoms. The Morgan fingerprint density at radius 1 is 0.400 bits per heavy atom. The van der Waals surface area contributed by atoms with Crippen LogP contribution >= 0.6 is 10.0 Å². The third-order valence-electron chi connectivity index (χ3n) is 3.81. The lowest BCUT2D eigenvalue weighted by Crippen LogP contribution is -2.10. The van der Waals surface area contributed by atoms with Crippen molar-refractivity contribution in [2.24, 2.45) is 0 Å². The molecular formula is C20H16N4S. The third kappa shape index (κ3) is 2.68. The number of hydrogen-bond donors (Lipinski definition) is 0. The molecule has 0 spiro atoms. The Morgan fingerprint density at radius 2 is 0.680 bits per heavy atom. The van der Waals surface area contributed by atoms with Gasteiger partial charge >= 0.3 is 0 Å². The molecule has 0 amide bonds. The predicted molar refractivity (Wildman–Crippen MR) is 97.6 cm³/mol. The first-order valence-corrected chi connectivity index (χ1v) is 9.53. The van der Waals surface area contributed by atoms with Crippen molar-refractivity contribution in [1.82, 2.24) is 19.9 Å². The van der Waals surface area contributed by atoms with E-state index in [1.54, 1.807) is 0 Å². The summed E-state index contributed by atoms with van der Waals surface area (Å²) < 4.78 is 0. The summed E-state index contributed by atoms with van der Waals surface area (Å²) in [6.45, 7) is 0. The molecule has 4 aromatic rings. The molecule has 0 unspecified atom stereocenters. The second-order valence-corrected chi connectivity index (χ2v) is 8.18. The number of pyridine rings is 4. The second-order valence-electron chi connectivity index (χ2n) is 5.28. The van der Waals surface area contributed by atoms with Crippen LogP contribution in [0.1, 0.15) is 0 Å². The summed E-state index contributed by atoms with van der Waals surface area (Å²) in [6, 6.07) is 23.8. The summed E-state index contributed by atoms with van der Waals surface area (Å²) >= 11 is 0. The molecule has 4 heterocycles. The maximum atomic E-state index is 4.70. The average molecular weight is 344 g/mol. The van der Waals surface area contributed by atoms with Crippen LogP contribution in [-0.4, -0.2) is 19.9 Å². The number of rotatable bonds is 4. The maximum absolute atomic E-state index is 4.70. The van der Waals surface area contributed by atoms with Crippen LogP contribution in [0.5, 0.6) is 0 Å². The SMILES string of the molecule is c1ccc(S(c2ccccn2)(c2ccccn2)c2ccccn2)nc1. The lowest BCUT2D eigenvalue weighted by atomic mass is 10.5. The van der Waals surface area contributed by atoms with E-state index in [1.807, 2.05) is 97.6 Å². The van der Waals surface area contributed by atoms with Crippen LogP contribution in [0, 0.1) is 0 Å². The van der Waals surface area contributed by atoms with Crippen LogP contribution < -0.4 is 0 Å². The first kappa shape index (κ1) is 15.5. The topological polar surface area (TPSA) is 51.6 Å². The largest absolute Gasteiger partial charge is 0.250 e. The normalized spacial score (nSPS) is 11.8. The Labute approximate surface area is 148 Å². The highest BCUT2D eigenvalue weighted by Gasteiger charge is 2.38. The second kappa shape index (κ2) is 6.83. The minimum atomic E-state index is -1.96. The smallest absolute Gasteiger partial charge is 0.0951 e. The van der Waals surface area contributed by atoms with E-state index < -0.39 is 10.0 Å². The van der Waals surface area contributed by atoms with E-state index in [2.05, 4.69) is 0 Å². The van der Waals surface area contributed by atoms with Gasteiger partial charge in [0.15, 0.2) is 0 Å². The molecule has 0 bridgehead atoms. The molecular weight excluding hydrogens is 328 g/mol. The van der Waals surface area contributed by atoms with E-state index >= 15 is 0 Å². The Morgan fingerprint density at radius 3 is 0.880 bits per heavy atom. The van der Waals surface area contributed by atoms with Crippen LogP contribution in [0.15, 0.2) is 118 Å². The number of nitrogens with zero attached hydrogens (tertiary/aromatic N) is 4. The highest BCUT2D eigenvalue weighted by atomic mass is 32.3. The molecule has 0 fully saturated rings. The van der Waals surface area contributed by atoms with Gasteiger partial charge in [0.2, 0.25) is 0 Å². The number of hydrogen-bond acceptors (Lipinski definition) is 4. The summed E-state index contributed by atoms with van der Waals surface area (Å²) in [7, 11) is -1.96. The van der Waals surface area contributed by atoms with Crippen LogP contribution in [0.25, 0.3) is 0 Å². The monoisotopic (exact) mass is 344 g/mol. The number of aromatic nitrogens is 4. The standard InChI is InChI=1S/C20H16N4S/c1-5-13-21-17(9-1)25(18-10-2-6-14-22-18,19-11-3-7-15-23-19)20-12-4-8-16-24-20/h1-16H. The average Bonchev–Trinajstić information content (AvgIpc) is 2.72. The summed E-state index contributed by atoms with van der Waals surface area (Å²) in [5.41, 5.74) is 0. The van der Waals surface area contributed by atoms with Crippen molar-refractivity contribution in [3.63, 3.8) is 0 Å². The third-order valence-corrected chi connectivity index (χ3v) is 7.28. The van der Waals surface area contributed by atoms with Gasteiger partial charge in [-0.3, -0.25) is 19.9 Å².